The molecule has 0 bridgehead atoms. The van der Waals surface area contributed by atoms with Crippen molar-refractivity contribution in [3.63, 3.8) is 0 Å². The number of amidine groups is 1. The van der Waals surface area contributed by atoms with E-state index in [0.717, 1.165) is 26.9 Å². The molecule has 128 valence electrons. The van der Waals surface area contributed by atoms with Crippen LogP contribution < -0.4 is 5.73 Å². The molecule has 6 heteroatoms. The Morgan fingerprint density at radius 1 is 0.885 bits per heavy atom. The number of oxime groups is 1. The van der Waals surface area contributed by atoms with E-state index in [1.165, 1.54) is 0 Å². The molecule has 0 aliphatic carbocycles. The number of fused-ring (bicyclic) bond motifs is 1. The fourth-order valence-electron chi connectivity index (χ4n) is 2.93. The zero-order valence-electron chi connectivity index (χ0n) is 13.7. The van der Waals surface area contributed by atoms with Crippen molar-refractivity contribution in [2.45, 2.75) is 0 Å². The Labute approximate surface area is 149 Å². The Kier molecular flexibility index (Phi) is 3.78. The molecule has 0 amide bonds. The van der Waals surface area contributed by atoms with Gasteiger partial charge >= 0.3 is 0 Å². The van der Waals surface area contributed by atoms with Crippen molar-refractivity contribution >= 4 is 16.9 Å². The van der Waals surface area contributed by atoms with Crippen LogP contribution in [-0.4, -0.2) is 26.0 Å². The van der Waals surface area contributed by atoms with E-state index in [1.54, 1.807) is 12.1 Å². The molecule has 0 saturated heterocycles. The summed E-state index contributed by atoms with van der Waals surface area (Å²) in [6, 6.07) is 22.6. The summed E-state index contributed by atoms with van der Waals surface area (Å²) in [6.07, 6.45) is 0. The average molecular weight is 344 g/mol. The van der Waals surface area contributed by atoms with Crippen molar-refractivity contribution in [1.82, 2.24) is 9.71 Å². The van der Waals surface area contributed by atoms with Crippen LogP contribution in [0.1, 0.15) is 5.56 Å². The van der Waals surface area contributed by atoms with E-state index in [9.17, 15) is 5.21 Å². The van der Waals surface area contributed by atoms with E-state index in [4.69, 9.17) is 10.9 Å². The minimum Gasteiger partial charge on any atom is -0.426 e. The summed E-state index contributed by atoms with van der Waals surface area (Å²) in [5.41, 5.74) is 10.4. The van der Waals surface area contributed by atoms with Crippen molar-refractivity contribution in [2.75, 3.05) is 0 Å². The Bertz CT molecular complexity index is 1110. The van der Waals surface area contributed by atoms with Crippen LogP contribution >= 0.6 is 0 Å². The molecule has 6 nitrogen and oxygen atoms in total. The van der Waals surface area contributed by atoms with Gasteiger partial charge in [0.2, 0.25) is 0 Å². The maximum absolute atomic E-state index is 10.4. The van der Waals surface area contributed by atoms with Gasteiger partial charge in [-0.25, -0.2) is 4.98 Å². The average Bonchev–Trinajstić information content (AvgIpc) is 3.04. The van der Waals surface area contributed by atoms with E-state index in [2.05, 4.69) is 10.1 Å². The van der Waals surface area contributed by atoms with Crippen molar-refractivity contribution in [1.29, 1.82) is 0 Å². The third-order valence-corrected chi connectivity index (χ3v) is 4.28. The van der Waals surface area contributed by atoms with Gasteiger partial charge in [-0.2, -0.15) is 4.73 Å². The van der Waals surface area contributed by atoms with Gasteiger partial charge in [-0.15, -0.1) is 0 Å². The summed E-state index contributed by atoms with van der Waals surface area (Å²) in [4.78, 5) is 4.52. The normalized spacial score (nSPS) is 11.8. The second-order valence-corrected chi connectivity index (χ2v) is 5.88. The molecule has 26 heavy (non-hydrogen) atoms. The van der Waals surface area contributed by atoms with Crippen LogP contribution in [0.15, 0.2) is 78.0 Å². The maximum Gasteiger partial charge on any atom is 0.176 e. The minimum atomic E-state index is 0.0688. The first kappa shape index (κ1) is 15.7. The predicted octanol–water partition coefficient (Wildman–Crippen LogP) is 3.70. The number of aromatic nitrogens is 2. The first-order valence-electron chi connectivity index (χ1n) is 8.03. The van der Waals surface area contributed by atoms with Crippen LogP contribution in [0.2, 0.25) is 0 Å². The molecule has 1 heterocycles. The quantitative estimate of drug-likeness (QED) is 0.174. The van der Waals surface area contributed by atoms with Crippen LogP contribution in [0.5, 0.6) is 0 Å². The van der Waals surface area contributed by atoms with E-state index in [0.29, 0.717) is 16.9 Å². The van der Waals surface area contributed by atoms with Gasteiger partial charge in [-0.3, -0.25) is 0 Å². The summed E-state index contributed by atoms with van der Waals surface area (Å²) in [5.74, 6) is 0.556. The summed E-state index contributed by atoms with van der Waals surface area (Å²) in [7, 11) is 0. The van der Waals surface area contributed by atoms with Gasteiger partial charge in [0.15, 0.2) is 11.7 Å². The molecule has 0 saturated carbocycles. The summed E-state index contributed by atoms with van der Waals surface area (Å²) < 4.78 is 1.11. The third-order valence-electron chi connectivity index (χ3n) is 4.28. The SMILES string of the molecule is N/C(=N\O)c1ccc(-c2cccc(-c3nc4ccccc4n3O)c2)cc1. The highest BCUT2D eigenvalue weighted by atomic mass is 16.5. The van der Waals surface area contributed by atoms with Gasteiger partial charge in [0.05, 0.1) is 5.52 Å². The smallest absolute Gasteiger partial charge is 0.176 e. The number of nitrogens with zero attached hydrogens (tertiary/aromatic N) is 3. The lowest BCUT2D eigenvalue weighted by atomic mass is 10.0. The monoisotopic (exact) mass is 344 g/mol. The summed E-state index contributed by atoms with van der Waals surface area (Å²) in [5, 5.41) is 22.2. The van der Waals surface area contributed by atoms with Crippen molar-refractivity contribution in [3.05, 3.63) is 78.4 Å². The van der Waals surface area contributed by atoms with E-state index >= 15 is 0 Å². The molecule has 0 unspecified atom stereocenters. The van der Waals surface area contributed by atoms with Crippen LogP contribution in [0, 0.1) is 0 Å². The number of nitrogens with two attached hydrogens (primary N) is 1. The zero-order valence-corrected chi connectivity index (χ0v) is 13.7. The first-order valence-corrected chi connectivity index (χ1v) is 8.03. The lowest BCUT2D eigenvalue weighted by Gasteiger charge is -2.06. The van der Waals surface area contributed by atoms with Gasteiger partial charge in [0.25, 0.3) is 0 Å². The maximum atomic E-state index is 10.4. The molecule has 4 aromatic rings. The Balaban J connectivity index is 1.76. The Morgan fingerprint density at radius 2 is 1.62 bits per heavy atom. The van der Waals surface area contributed by atoms with Gasteiger partial charge in [-0.05, 0) is 29.3 Å². The number of imidazole rings is 1. The highest BCUT2D eigenvalue weighted by molar-refractivity contribution is 5.97. The Hall–Kier alpha value is -3.80. The van der Waals surface area contributed by atoms with Gasteiger partial charge in [0.1, 0.15) is 5.52 Å². The van der Waals surface area contributed by atoms with Gasteiger partial charge in [-0.1, -0.05) is 59.8 Å². The van der Waals surface area contributed by atoms with Gasteiger partial charge < -0.3 is 16.1 Å². The zero-order chi connectivity index (χ0) is 18.1. The highest BCUT2D eigenvalue weighted by Crippen LogP contribution is 2.28. The molecule has 3 aromatic carbocycles. The van der Waals surface area contributed by atoms with Crippen LogP contribution in [0.4, 0.5) is 0 Å². The number of rotatable bonds is 3. The molecule has 1 aromatic heterocycles. The number of hydrogen-bond acceptors (Lipinski definition) is 4. The fourth-order valence-corrected chi connectivity index (χ4v) is 2.93. The highest BCUT2D eigenvalue weighted by Gasteiger charge is 2.12. The second kappa shape index (κ2) is 6.25. The molecular weight excluding hydrogens is 328 g/mol. The number of para-hydroxylation sites is 2. The molecule has 0 aliphatic heterocycles. The summed E-state index contributed by atoms with van der Waals surface area (Å²) in [6.45, 7) is 0. The molecule has 0 atom stereocenters. The second-order valence-electron chi connectivity index (χ2n) is 5.88. The Morgan fingerprint density at radius 3 is 2.35 bits per heavy atom. The first-order chi connectivity index (χ1) is 12.7. The molecule has 4 rings (SSSR count). The van der Waals surface area contributed by atoms with Crippen LogP contribution in [0.3, 0.4) is 0 Å². The number of benzene rings is 3. The molecular formula is C20H16N4O2. The van der Waals surface area contributed by atoms with Crippen LogP contribution in [0.25, 0.3) is 33.5 Å². The van der Waals surface area contributed by atoms with E-state index < -0.39 is 0 Å². The van der Waals surface area contributed by atoms with E-state index in [-0.39, 0.29) is 5.84 Å². The minimum absolute atomic E-state index is 0.0688. The molecule has 0 fully saturated rings. The van der Waals surface area contributed by atoms with Crippen LogP contribution in [-0.2, 0) is 0 Å². The number of hydrogen-bond donors (Lipinski definition) is 3. The molecule has 0 spiro atoms. The van der Waals surface area contributed by atoms with E-state index in [1.807, 2.05) is 60.7 Å². The summed E-state index contributed by atoms with van der Waals surface area (Å²) >= 11 is 0. The largest absolute Gasteiger partial charge is 0.426 e. The fraction of sp³-hybridized carbons (Fsp3) is 0. The lowest BCUT2D eigenvalue weighted by Crippen LogP contribution is -2.12. The van der Waals surface area contributed by atoms with Crippen molar-refractivity contribution in [3.8, 4) is 22.5 Å². The molecule has 4 N–H and O–H groups in total. The standard InChI is InChI=1S/C20H16N4O2/c21-19(23-25)14-10-8-13(9-11-14)15-4-3-5-16(12-15)20-22-17-6-1-2-7-18(17)24(20)26/h1-12,25-26H,(H2,21,23). The van der Waals surface area contributed by atoms with Crippen molar-refractivity contribution in [2.24, 2.45) is 10.9 Å². The molecule has 0 radical (unpaired) electrons. The van der Waals surface area contributed by atoms with Crippen molar-refractivity contribution < 1.29 is 10.4 Å². The molecule has 0 aliphatic rings. The third kappa shape index (κ3) is 2.63. The topological polar surface area (TPSA) is 96.7 Å². The van der Waals surface area contributed by atoms with Gasteiger partial charge in [0, 0.05) is 11.1 Å². The predicted molar refractivity (Wildman–Crippen MR) is 100 cm³/mol. The lowest BCUT2D eigenvalue weighted by molar-refractivity contribution is 0.203.